The molecule has 1 aromatic heterocycles. The molecule has 3 aromatic rings. The lowest BCUT2D eigenvalue weighted by atomic mass is 9.74. The van der Waals surface area contributed by atoms with Crippen molar-refractivity contribution >= 4 is 16.8 Å². The number of fused-ring (bicyclic) bond motifs is 1. The summed E-state index contributed by atoms with van der Waals surface area (Å²) in [5.74, 6) is -0.710. The fourth-order valence-electron chi connectivity index (χ4n) is 3.81. The lowest BCUT2D eigenvalue weighted by Crippen LogP contribution is -2.45. The van der Waals surface area contributed by atoms with Gasteiger partial charge in [0.25, 0.3) is 5.91 Å². The zero-order valence-corrected chi connectivity index (χ0v) is 15.3. The quantitative estimate of drug-likeness (QED) is 0.730. The van der Waals surface area contributed by atoms with Crippen LogP contribution in [0.5, 0.6) is 0 Å². The van der Waals surface area contributed by atoms with Gasteiger partial charge in [0.05, 0.1) is 0 Å². The first kappa shape index (κ1) is 18.4. The minimum atomic E-state index is -0.417. The highest BCUT2D eigenvalue weighted by molar-refractivity contribution is 5.97. The Kier molecular flexibility index (Phi) is 4.96. The summed E-state index contributed by atoms with van der Waals surface area (Å²) in [7, 11) is 0. The molecule has 4 rings (SSSR count). The summed E-state index contributed by atoms with van der Waals surface area (Å²) in [5, 5.41) is 3.40. The molecule has 0 radical (unpaired) electrons. The highest BCUT2D eigenvalue weighted by atomic mass is 19.1. The molecule has 5 nitrogen and oxygen atoms in total. The SMILES string of the molecule is O=C(NCC1(c2ccc(F)cc2)CCOCC1)c1c[nH]c2ccccc2c1=O. The molecule has 1 saturated heterocycles. The molecule has 144 valence electrons. The van der Waals surface area contributed by atoms with E-state index < -0.39 is 5.91 Å². The first-order chi connectivity index (χ1) is 13.6. The predicted octanol–water partition coefficient (Wildman–Crippen LogP) is 3.15. The standard InChI is InChI=1S/C22H21FN2O3/c23-16-7-5-15(6-8-16)22(9-11-28-12-10-22)14-25-21(27)18-13-24-19-4-2-1-3-17(19)20(18)26/h1-8,13H,9-12,14H2,(H,24,26)(H,25,27). The van der Waals surface area contributed by atoms with E-state index in [0.29, 0.717) is 43.5 Å². The molecule has 2 N–H and O–H groups in total. The Labute approximate surface area is 161 Å². The molecule has 2 aromatic carbocycles. The summed E-state index contributed by atoms with van der Waals surface area (Å²) < 4.78 is 18.8. The largest absolute Gasteiger partial charge is 0.381 e. The van der Waals surface area contributed by atoms with Gasteiger partial charge in [0.2, 0.25) is 5.43 Å². The molecule has 1 aliphatic heterocycles. The smallest absolute Gasteiger partial charge is 0.256 e. The summed E-state index contributed by atoms with van der Waals surface area (Å²) in [5.41, 5.74) is 1.10. The van der Waals surface area contributed by atoms with Crippen molar-refractivity contribution in [1.82, 2.24) is 10.3 Å². The van der Waals surface area contributed by atoms with Gasteiger partial charge in [-0.2, -0.15) is 0 Å². The fourth-order valence-corrected chi connectivity index (χ4v) is 3.81. The third kappa shape index (κ3) is 3.43. The van der Waals surface area contributed by atoms with E-state index in [1.54, 1.807) is 30.3 Å². The molecule has 2 heterocycles. The van der Waals surface area contributed by atoms with Crippen LogP contribution in [-0.4, -0.2) is 30.6 Å². The Bertz CT molecular complexity index is 1050. The Balaban J connectivity index is 1.59. The Morgan fingerprint density at radius 2 is 1.82 bits per heavy atom. The molecule has 0 aliphatic carbocycles. The number of H-pyrrole nitrogens is 1. The van der Waals surface area contributed by atoms with Gasteiger partial charge in [-0.15, -0.1) is 0 Å². The Hall–Kier alpha value is -2.99. The molecular formula is C22H21FN2O3. The number of para-hydroxylation sites is 1. The van der Waals surface area contributed by atoms with Gasteiger partial charge in [0.15, 0.2) is 0 Å². The molecule has 28 heavy (non-hydrogen) atoms. The maximum Gasteiger partial charge on any atom is 0.256 e. The zero-order valence-electron chi connectivity index (χ0n) is 15.3. The lowest BCUT2D eigenvalue weighted by molar-refractivity contribution is 0.0487. The second kappa shape index (κ2) is 7.56. The first-order valence-corrected chi connectivity index (χ1v) is 9.31. The van der Waals surface area contributed by atoms with Crippen LogP contribution >= 0.6 is 0 Å². The summed E-state index contributed by atoms with van der Waals surface area (Å²) in [6, 6.07) is 13.5. The van der Waals surface area contributed by atoms with Crippen LogP contribution in [0, 0.1) is 5.82 Å². The van der Waals surface area contributed by atoms with Crippen molar-refractivity contribution in [2.45, 2.75) is 18.3 Å². The van der Waals surface area contributed by atoms with Crippen LogP contribution in [0.3, 0.4) is 0 Å². The van der Waals surface area contributed by atoms with Gasteiger partial charge >= 0.3 is 0 Å². The Morgan fingerprint density at radius 3 is 2.57 bits per heavy atom. The maximum atomic E-state index is 13.4. The second-order valence-electron chi connectivity index (χ2n) is 7.16. The van der Waals surface area contributed by atoms with Gasteiger partial charge in [0, 0.05) is 42.3 Å². The van der Waals surface area contributed by atoms with E-state index in [4.69, 9.17) is 4.74 Å². The number of aromatic amines is 1. The number of nitrogens with one attached hydrogen (secondary N) is 2. The monoisotopic (exact) mass is 380 g/mol. The lowest BCUT2D eigenvalue weighted by Gasteiger charge is -2.38. The number of halogens is 1. The van der Waals surface area contributed by atoms with Crippen molar-refractivity contribution in [1.29, 1.82) is 0 Å². The first-order valence-electron chi connectivity index (χ1n) is 9.31. The number of aromatic nitrogens is 1. The van der Waals surface area contributed by atoms with E-state index in [2.05, 4.69) is 10.3 Å². The average molecular weight is 380 g/mol. The van der Waals surface area contributed by atoms with Crippen molar-refractivity contribution in [3.8, 4) is 0 Å². The van der Waals surface area contributed by atoms with Gasteiger partial charge in [-0.3, -0.25) is 9.59 Å². The van der Waals surface area contributed by atoms with Crippen LogP contribution in [0.1, 0.15) is 28.8 Å². The van der Waals surface area contributed by atoms with Gasteiger partial charge in [0.1, 0.15) is 11.4 Å². The van der Waals surface area contributed by atoms with E-state index in [-0.39, 0.29) is 22.2 Å². The molecule has 1 aliphatic rings. The summed E-state index contributed by atoms with van der Waals surface area (Å²) >= 11 is 0. The maximum absolute atomic E-state index is 13.4. The molecule has 0 saturated carbocycles. The van der Waals surface area contributed by atoms with Crippen LogP contribution in [0.25, 0.3) is 10.9 Å². The van der Waals surface area contributed by atoms with Crippen LogP contribution in [-0.2, 0) is 10.2 Å². The molecule has 0 spiro atoms. The number of carbonyl (C=O) groups is 1. The summed E-state index contributed by atoms with van der Waals surface area (Å²) in [6.45, 7) is 1.50. The van der Waals surface area contributed by atoms with Gasteiger partial charge in [-0.1, -0.05) is 24.3 Å². The predicted molar refractivity (Wildman–Crippen MR) is 105 cm³/mol. The van der Waals surface area contributed by atoms with Gasteiger partial charge < -0.3 is 15.0 Å². The third-order valence-electron chi connectivity index (χ3n) is 5.53. The number of hydrogen-bond acceptors (Lipinski definition) is 3. The molecule has 1 amide bonds. The topological polar surface area (TPSA) is 71.2 Å². The van der Waals surface area contributed by atoms with Crippen LogP contribution in [0.4, 0.5) is 4.39 Å². The number of benzene rings is 2. The van der Waals surface area contributed by atoms with Crippen LogP contribution in [0.15, 0.2) is 59.5 Å². The van der Waals surface area contributed by atoms with Crippen molar-refractivity contribution in [2.24, 2.45) is 0 Å². The highest BCUT2D eigenvalue weighted by Gasteiger charge is 2.35. The molecule has 1 fully saturated rings. The Morgan fingerprint density at radius 1 is 1.11 bits per heavy atom. The number of amides is 1. The number of hydrogen-bond donors (Lipinski definition) is 2. The van der Waals surface area contributed by atoms with Crippen molar-refractivity contribution in [3.63, 3.8) is 0 Å². The van der Waals surface area contributed by atoms with Crippen molar-refractivity contribution in [3.05, 3.63) is 81.9 Å². The molecule has 0 unspecified atom stereocenters. The summed E-state index contributed by atoms with van der Waals surface area (Å²) in [4.78, 5) is 28.4. The van der Waals surface area contributed by atoms with E-state index in [1.165, 1.54) is 18.3 Å². The van der Waals surface area contributed by atoms with Gasteiger partial charge in [-0.05, 0) is 42.7 Å². The fraction of sp³-hybridized carbons (Fsp3) is 0.273. The number of carbonyl (C=O) groups excluding carboxylic acids is 1. The van der Waals surface area contributed by atoms with E-state index in [1.807, 2.05) is 6.07 Å². The van der Waals surface area contributed by atoms with Crippen molar-refractivity contribution in [2.75, 3.05) is 19.8 Å². The number of ether oxygens (including phenoxy) is 1. The second-order valence-corrected chi connectivity index (χ2v) is 7.16. The summed E-state index contributed by atoms with van der Waals surface area (Å²) in [6.07, 6.45) is 2.88. The molecule has 6 heteroatoms. The minimum absolute atomic E-state index is 0.0833. The van der Waals surface area contributed by atoms with Gasteiger partial charge in [-0.25, -0.2) is 4.39 Å². The normalized spacial score (nSPS) is 16.0. The van der Waals surface area contributed by atoms with E-state index in [9.17, 15) is 14.0 Å². The molecular weight excluding hydrogens is 359 g/mol. The minimum Gasteiger partial charge on any atom is -0.381 e. The van der Waals surface area contributed by atoms with E-state index in [0.717, 1.165) is 5.56 Å². The third-order valence-corrected chi connectivity index (χ3v) is 5.53. The number of pyridine rings is 1. The number of rotatable bonds is 4. The molecule has 0 atom stereocenters. The van der Waals surface area contributed by atoms with Crippen molar-refractivity contribution < 1.29 is 13.9 Å². The zero-order chi connectivity index (χ0) is 19.6. The van der Waals surface area contributed by atoms with Crippen LogP contribution < -0.4 is 10.7 Å². The van der Waals surface area contributed by atoms with E-state index >= 15 is 0 Å². The van der Waals surface area contributed by atoms with Crippen LogP contribution in [0.2, 0.25) is 0 Å². The highest BCUT2D eigenvalue weighted by Crippen LogP contribution is 2.34. The average Bonchev–Trinajstić information content (AvgIpc) is 2.74. The molecule has 0 bridgehead atoms.